The lowest BCUT2D eigenvalue weighted by Gasteiger charge is -2.31. The van der Waals surface area contributed by atoms with Gasteiger partial charge in [0.15, 0.2) is 0 Å². The fourth-order valence-corrected chi connectivity index (χ4v) is 2.94. The lowest BCUT2D eigenvalue weighted by molar-refractivity contribution is -0.145. The second kappa shape index (κ2) is 7.23. The van der Waals surface area contributed by atoms with Crippen LogP contribution in [-0.4, -0.2) is 35.0 Å². The third-order valence-corrected chi connectivity index (χ3v) is 4.39. The van der Waals surface area contributed by atoms with Gasteiger partial charge in [-0.05, 0) is 30.4 Å². The third-order valence-electron chi connectivity index (χ3n) is 4.39. The van der Waals surface area contributed by atoms with E-state index in [9.17, 15) is 22.8 Å². The average molecular weight is 343 g/mol. The van der Waals surface area contributed by atoms with E-state index in [0.717, 1.165) is 12.1 Å². The SMILES string of the molecule is CC(CC(=O)N1CCCC(C(=O)O)C1)c1cccc(C(F)(F)F)c1. The molecule has 0 bridgehead atoms. The van der Waals surface area contributed by atoms with Crippen LogP contribution in [0, 0.1) is 5.92 Å². The summed E-state index contributed by atoms with van der Waals surface area (Å²) >= 11 is 0. The largest absolute Gasteiger partial charge is 0.481 e. The predicted molar refractivity (Wildman–Crippen MR) is 81.4 cm³/mol. The second-order valence-corrected chi connectivity index (χ2v) is 6.25. The maximum Gasteiger partial charge on any atom is 0.416 e. The number of halogens is 3. The zero-order valence-electron chi connectivity index (χ0n) is 13.3. The predicted octanol–water partition coefficient (Wildman–Crippen LogP) is 3.52. The van der Waals surface area contributed by atoms with E-state index < -0.39 is 23.6 Å². The van der Waals surface area contributed by atoms with E-state index in [1.54, 1.807) is 13.0 Å². The van der Waals surface area contributed by atoms with Crippen LogP contribution >= 0.6 is 0 Å². The first kappa shape index (κ1) is 18.3. The maximum absolute atomic E-state index is 12.8. The van der Waals surface area contributed by atoms with Gasteiger partial charge in [-0.2, -0.15) is 13.2 Å². The van der Waals surface area contributed by atoms with Crippen molar-refractivity contribution in [3.8, 4) is 0 Å². The highest BCUT2D eigenvalue weighted by atomic mass is 19.4. The van der Waals surface area contributed by atoms with Crippen molar-refractivity contribution in [3.63, 3.8) is 0 Å². The molecule has 24 heavy (non-hydrogen) atoms. The Bertz CT molecular complexity index is 615. The van der Waals surface area contributed by atoms with Gasteiger partial charge in [0, 0.05) is 19.5 Å². The molecule has 7 heteroatoms. The van der Waals surface area contributed by atoms with Gasteiger partial charge in [-0.3, -0.25) is 9.59 Å². The van der Waals surface area contributed by atoms with Crippen molar-refractivity contribution in [2.75, 3.05) is 13.1 Å². The van der Waals surface area contributed by atoms with Crippen molar-refractivity contribution in [2.45, 2.75) is 38.3 Å². The van der Waals surface area contributed by atoms with E-state index in [-0.39, 0.29) is 24.8 Å². The number of amides is 1. The highest BCUT2D eigenvalue weighted by Crippen LogP contribution is 2.32. The monoisotopic (exact) mass is 343 g/mol. The van der Waals surface area contributed by atoms with Gasteiger partial charge in [-0.25, -0.2) is 0 Å². The summed E-state index contributed by atoms with van der Waals surface area (Å²) in [6.45, 7) is 2.37. The lowest BCUT2D eigenvalue weighted by Crippen LogP contribution is -2.42. The summed E-state index contributed by atoms with van der Waals surface area (Å²) < 4.78 is 38.3. The number of carboxylic acid groups (broad SMARTS) is 1. The molecule has 2 unspecified atom stereocenters. The van der Waals surface area contributed by atoms with Crippen molar-refractivity contribution in [1.82, 2.24) is 4.90 Å². The second-order valence-electron chi connectivity index (χ2n) is 6.25. The molecule has 2 rings (SSSR count). The smallest absolute Gasteiger partial charge is 0.416 e. The van der Waals surface area contributed by atoms with Gasteiger partial charge >= 0.3 is 12.1 Å². The molecule has 4 nitrogen and oxygen atoms in total. The molecule has 1 heterocycles. The van der Waals surface area contributed by atoms with Crippen LogP contribution in [0.1, 0.15) is 43.2 Å². The highest BCUT2D eigenvalue weighted by molar-refractivity contribution is 5.78. The molecule has 0 saturated carbocycles. The van der Waals surface area contributed by atoms with Crippen LogP contribution in [-0.2, 0) is 15.8 Å². The van der Waals surface area contributed by atoms with Crippen LogP contribution in [0.2, 0.25) is 0 Å². The first-order valence-corrected chi connectivity index (χ1v) is 7.86. The summed E-state index contributed by atoms with van der Waals surface area (Å²) in [5, 5.41) is 9.06. The van der Waals surface area contributed by atoms with E-state index in [4.69, 9.17) is 5.11 Å². The molecule has 1 amide bonds. The molecule has 132 valence electrons. The fourth-order valence-electron chi connectivity index (χ4n) is 2.94. The number of carboxylic acids is 1. The molecular formula is C17H20F3NO3. The Morgan fingerprint density at radius 2 is 2.08 bits per heavy atom. The van der Waals surface area contributed by atoms with Gasteiger partial charge in [-0.15, -0.1) is 0 Å². The van der Waals surface area contributed by atoms with Crippen LogP contribution in [0.5, 0.6) is 0 Å². The molecule has 1 aromatic rings. The van der Waals surface area contributed by atoms with Gasteiger partial charge in [0.2, 0.25) is 5.91 Å². The van der Waals surface area contributed by atoms with Gasteiger partial charge in [0.05, 0.1) is 11.5 Å². The van der Waals surface area contributed by atoms with E-state index in [1.807, 2.05) is 0 Å². The minimum atomic E-state index is -4.42. The Morgan fingerprint density at radius 1 is 1.38 bits per heavy atom. The van der Waals surface area contributed by atoms with Crippen LogP contribution < -0.4 is 0 Å². The van der Waals surface area contributed by atoms with Gasteiger partial charge in [0.1, 0.15) is 0 Å². The molecule has 1 N–H and O–H groups in total. The minimum Gasteiger partial charge on any atom is -0.481 e. The molecule has 1 aromatic carbocycles. The van der Waals surface area contributed by atoms with Crippen LogP contribution in [0.15, 0.2) is 24.3 Å². The molecule has 1 fully saturated rings. The topological polar surface area (TPSA) is 57.6 Å². The summed E-state index contributed by atoms with van der Waals surface area (Å²) in [5.41, 5.74) is -0.284. The van der Waals surface area contributed by atoms with Crippen molar-refractivity contribution in [3.05, 3.63) is 35.4 Å². The molecule has 0 spiro atoms. The van der Waals surface area contributed by atoms with E-state index >= 15 is 0 Å². The Labute approximate surface area is 138 Å². The van der Waals surface area contributed by atoms with E-state index in [2.05, 4.69) is 0 Å². The van der Waals surface area contributed by atoms with Gasteiger partial charge in [0.25, 0.3) is 0 Å². The first-order valence-electron chi connectivity index (χ1n) is 7.86. The van der Waals surface area contributed by atoms with Crippen LogP contribution in [0.25, 0.3) is 0 Å². The van der Waals surface area contributed by atoms with Crippen LogP contribution in [0.4, 0.5) is 13.2 Å². The number of piperidine rings is 1. The molecule has 1 saturated heterocycles. The summed E-state index contributed by atoms with van der Waals surface area (Å²) in [5.74, 6) is -2.07. The standard InChI is InChI=1S/C17H20F3NO3/c1-11(12-4-2-6-14(9-12)17(18,19)20)8-15(22)21-7-3-5-13(10-21)16(23)24/h2,4,6,9,11,13H,3,5,7-8,10H2,1H3,(H,23,24). The van der Waals surface area contributed by atoms with Gasteiger partial charge < -0.3 is 10.0 Å². The quantitative estimate of drug-likeness (QED) is 0.910. The molecule has 1 aliphatic rings. The Morgan fingerprint density at radius 3 is 2.71 bits per heavy atom. The lowest BCUT2D eigenvalue weighted by atomic mass is 9.93. The number of carbonyl (C=O) groups is 2. The Balaban J connectivity index is 2.02. The Kier molecular flexibility index (Phi) is 5.51. The molecule has 0 aliphatic carbocycles. The first-order chi connectivity index (χ1) is 11.2. The number of likely N-dealkylation sites (tertiary alicyclic amines) is 1. The number of hydrogen-bond acceptors (Lipinski definition) is 2. The fraction of sp³-hybridized carbons (Fsp3) is 0.529. The summed E-state index contributed by atoms with van der Waals surface area (Å²) in [4.78, 5) is 24.9. The van der Waals surface area contributed by atoms with Crippen molar-refractivity contribution >= 4 is 11.9 Å². The zero-order chi connectivity index (χ0) is 17.9. The Hall–Kier alpha value is -2.05. The zero-order valence-corrected chi connectivity index (χ0v) is 13.3. The highest BCUT2D eigenvalue weighted by Gasteiger charge is 2.31. The number of benzene rings is 1. The molecular weight excluding hydrogens is 323 g/mol. The van der Waals surface area contributed by atoms with Gasteiger partial charge in [-0.1, -0.05) is 25.1 Å². The van der Waals surface area contributed by atoms with Crippen LogP contribution in [0.3, 0.4) is 0 Å². The van der Waals surface area contributed by atoms with Crippen molar-refractivity contribution in [1.29, 1.82) is 0 Å². The molecule has 2 atom stereocenters. The maximum atomic E-state index is 12.8. The number of rotatable bonds is 4. The van der Waals surface area contributed by atoms with E-state index in [0.29, 0.717) is 24.9 Å². The summed E-state index contributed by atoms with van der Waals surface area (Å²) in [7, 11) is 0. The number of nitrogens with zero attached hydrogens (tertiary/aromatic N) is 1. The molecule has 1 aliphatic heterocycles. The van der Waals surface area contributed by atoms with Crippen molar-refractivity contribution in [2.24, 2.45) is 5.92 Å². The van der Waals surface area contributed by atoms with E-state index in [1.165, 1.54) is 11.0 Å². The molecule has 0 radical (unpaired) electrons. The summed E-state index contributed by atoms with van der Waals surface area (Å²) in [6.07, 6.45) is -3.18. The average Bonchev–Trinajstić information content (AvgIpc) is 2.54. The number of alkyl halides is 3. The number of hydrogen-bond donors (Lipinski definition) is 1. The summed E-state index contributed by atoms with van der Waals surface area (Å²) in [6, 6.07) is 4.97. The molecule has 0 aromatic heterocycles. The minimum absolute atomic E-state index is 0.0631. The number of aliphatic carboxylic acids is 1. The third kappa shape index (κ3) is 4.49. The van der Waals surface area contributed by atoms with Crippen molar-refractivity contribution < 1.29 is 27.9 Å². The number of carbonyl (C=O) groups excluding carboxylic acids is 1. The normalized spacial score (nSPS) is 19.8.